The summed E-state index contributed by atoms with van der Waals surface area (Å²) < 4.78 is 18.4. The SMILES string of the molecule is COc1cccc(N2C=CN3C(SCC(=O)Nc4cccc(F)c4)=NNC3C2=O)c1. The number of thioether (sulfide) groups is 1. The second-order valence-electron chi connectivity index (χ2n) is 6.39. The molecule has 0 bridgehead atoms. The largest absolute Gasteiger partial charge is 0.497 e. The molecule has 8 nitrogen and oxygen atoms in total. The van der Waals surface area contributed by atoms with Crippen LogP contribution in [-0.2, 0) is 9.59 Å². The maximum absolute atomic E-state index is 13.2. The number of fused-ring (bicyclic) bond motifs is 1. The van der Waals surface area contributed by atoms with Gasteiger partial charge in [-0.15, -0.1) is 0 Å². The summed E-state index contributed by atoms with van der Waals surface area (Å²) in [6.07, 6.45) is 2.67. The van der Waals surface area contributed by atoms with Crippen molar-refractivity contribution < 1.29 is 18.7 Å². The van der Waals surface area contributed by atoms with Crippen LogP contribution in [0.4, 0.5) is 15.8 Å². The molecule has 30 heavy (non-hydrogen) atoms. The average molecular weight is 427 g/mol. The van der Waals surface area contributed by atoms with E-state index in [1.54, 1.807) is 48.7 Å². The number of benzene rings is 2. The van der Waals surface area contributed by atoms with Crippen molar-refractivity contribution in [3.8, 4) is 5.75 Å². The number of amidine groups is 1. The number of rotatable bonds is 5. The quantitative estimate of drug-likeness (QED) is 0.763. The molecule has 0 aromatic heterocycles. The number of hydrogen-bond donors (Lipinski definition) is 2. The zero-order valence-electron chi connectivity index (χ0n) is 15.9. The van der Waals surface area contributed by atoms with Gasteiger partial charge < -0.3 is 10.1 Å². The van der Waals surface area contributed by atoms with Crippen molar-refractivity contribution in [1.29, 1.82) is 0 Å². The molecule has 1 atom stereocenters. The molecule has 0 spiro atoms. The van der Waals surface area contributed by atoms with Crippen molar-refractivity contribution in [3.63, 3.8) is 0 Å². The van der Waals surface area contributed by atoms with Gasteiger partial charge >= 0.3 is 0 Å². The molecule has 0 radical (unpaired) electrons. The fourth-order valence-corrected chi connectivity index (χ4v) is 3.75. The summed E-state index contributed by atoms with van der Waals surface area (Å²) >= 11 is 1.17. The lowest BCUT2D eigenvalue weighted by Gasteiger charge is -2.32. The second-order valence-corrected chi connectivity index (χ2v) is 7.33. The van der Waals surface area contributed by atoms with Crippen molar-refractivity contribution in [3.05, 3.63) is 66.7 Å². The standard InChI is InChI=1S/C20H18FN5O3S/c1-29-16-7-3-6-15(11-16)25-8-9-26-18(19(25)28)23-24-20(26)30-12-17(27)22-14-5-2-4-13(21)10-14/h2-11,18,23H,12H2,1H3,(H,22,27). The predicted octanol–water partition coefficient (Wildman–Crippen LogP) is 2.53. The number of nitrogens with one attached hydrogen (secondary N) is 2. The summed E-state index contributed by atoms with van der Waals surface area (Å²) in [6, 6.07) is 12.8. The van der Waals surface area contributed by atoms with Gasteiger partial charge in [0.15, 0.2) is 5.17 Å². The molecule has 0 saturated heterocycles. The highest BCUT2D eigenvalue weighted by Gasteiger charge is 2.38. The number of carbonyl (C=O) groups is 2. The Balaban J connectivity index is 1.39. The average Bonchev–Trinajstić information content (AvgIpc) is 3.16. The third-order valence-electron chi connectivity index (χ3n) is 4.40. The number of methoxy groups -OCH3 is 1. The molecule has 154 valence electrons. The van der Waals surface area contributed by atoms with E-state index in [-0.39, 0.29) is 17.6 Å². The summed E-state index contributed by atoms with van der Waals surface area (Å²) in [5.74, 6) is -0.240. The molecule has 0 saturated carbocycles. The maximum Gasteiger partial charge on any atom is 0.276 e. The number of hydrazone groups is 1. The smallest absolute Gasteiger partial charge is 0.276 e. The van der Waals surface area contributed by atoms with Gasteiger partial charge in [-0.05, 0) is 30.3 Å². The third-order valence-corrected chi connectivity index (χ3v) is 5.37. The van der Waals surface area contributed by atoms with E-state index in [4.69, 9.17) is 4.74 Å². The van der Waals surface area contributed by atoms with Crippen LogP contribution in [0.2, 0.25) is 0 Å². The molecule has 2 aliphatic heterocycles. The van der Waals surface area contributed by atoms with Gasteiger partial charge in [-0.3, -0.25) is 24.8 Å². The first-order valence-corrected chi connectivity index (χ1v) is 9.99. The number of amides is 2. The summed E-state index contributed by atoms with van der Waals surface area (Å²) in [5, 5.41) is 7.30. The Labute approximate surface area is 176 Å². The first-order valence-electron chi connectivity index (χ1n) is 9.00. The molecule has 2 amide bonds. The fraction of sp³-hybridized carbons (Fsp3) is 0.150. The number of hydrogen-bond acceptors (Lipinski definition) is 7. The Morgan fingerprint density at radius 2 is 2.10 bits per heavy atom. The van der Waals surface area contributed by atoms with Crippen molar-refractivity contribution >= 4 is 40.1 Å². The van der Waals surface area contributed by atoms with Crippen LogP contribution in [0.3, 0.4) is 0 Å². The number of nitrogens with zero attached hydrogens (tertiary/aromatic N) is 3. The van der Waals surface area contributed by atoms with Crippen LogP contribution in [0.25, 0.3) is 0 Å². The lowest BCUT2D eigenvalue weighted by Crippen LogP contribution is -2.52. The molecular weight excluding hydrogens is 409 g/mol. The van der Waals surface area contributed by atoms with E-state index in [2.05, 4.69) is 15.8 Å². The maximum atomic E-state index is 13.2. The zero-order valence-corrected chi connectivity index (χ0v) is 16.7. The first-order chi connectivity index (χ1) is 14.5. The first kappa shape index (κ1) is 19.8. The highest BCUT2D eigenvalue weighted by Crippen LogP contribution is 2.27. The van der Waals surface area contributed by atoms with E-state index in [9.17, 15) is 14.0 Å². The monoisotopic (exact) mass is 427 g/mol. The molecule has 2 N–H and O–H groups in total. The Morgan fingerprint density at radius 3 is 2.90 bits per heavy atom. The lowest BCUT2D eigenvalue weighted by atomic mass is 10.2. The molecule has 4 rings (SSSR count). The van der Waals surface area contributed by atoms with Crippen molar-refractivity contribution in [2.24, 2.45) is 5.10 Å². The minimum atomic E-state index is -0.699. The van der Waals surface area contributed by atoms with Gasteiger partial charge in [0, 0.05) is 24.2 Å². The van der Waals surface area contributed by atoms with Crippen LogP contribution >= 0.6 is 11.8 Å². The molecule has 10 heteroatoms. The van der Waals surface area contributed by atoms with Crippen LogP contribution in [0.5, 0.6) is 5.75 Å². The minimum absolute atomic E-state index is 0.0574. The number of ether oxygens (including phenoxy) is 1. The van der Waals surface area contributed by atoms with E-state index in [1.165, 1.54) is 34.9 Å². The fourth-order valence-electron chi connectivity index (χ4n) is 2.99. The zero-order chi connectivity index (χ0) is 21.1. The van der Waals surface area contributed by atoms with Crippen molar-refractivity contribution in [1.82, 2.24) is 10.3 Å². The van der Waals surface area contributed by atoms with E-state index in [1.807, 2.05) is 6.07 Å². The van der Waals surface area contributed by atoms with E-state index >= 15 is 0 Å². The highest BCUT2D eigenvalue weighted by molar-refractivity contribution is 8.14. The third kappa shape index (κ3) is 4.08. The molecule has 2 heterocycles. The van der Waals surface area contributed by atoms with Gasteiger partial charge in [0.05, 0.1) is 18.6 Å². The van der Waals surface area contributed by atoms with Gasteiger partial charge in [-0.1, -0.05) is 23.9 Å². The summed E-state index contributed by atoms with van der Waals surface area (Å²) in [6.45, 7) is 0. The highest BCUT2D eigenvalue weighted by atomic mass is 32.2. The van der Waals surface area contributed by atoms with Crippen LogP contribution < -0.4 is 20.4 Å². The normalized spacial score (nSPS) is 17.3. The Bertz CT molecular complexity index is 1040. The number of carbonyl (C=O) groups excluding carboxylic acids is 2. The van der Waals surface area contributed by atoms with Crippen LogP contribution in [0.15, 0.2) is 66.0 Å². The van der Waals surface area contributed by atoms with Crippen LogP contribution in [0, 0.1) is 5.82 Å². The van der Waals surface area contributed by atoms with Gasteiger partial charge in [-0.25, -0.2) is 4.39 Å². The van der Waals surface area contributed by atoms with Crippen molar-refractivity contribution in [2.45, 2.75) is 6.17 Å². The Hall–Kier alpha value is -3.53. The predicted molar refractivity (Wildman–Crippen MR) is 113 cm³/mol. The van der Waals surface area contributed by atoms with Gasteiger partial charge in [-0.2, -0.15) is 5.10 Å². The molecule has 0 fully saturated rings. The van der Waals surface area contributed by atoms with E-state index in [0.29, 0.717) is 22.3 Å². The summed E-state index contributed by atoms with van der Waals surface area (Å²) in [4.78, 5) is 28.2. The lowest BCUT2D eigenvalue weighted by molar-refractivity contribution is -0.122. The Morgan fingerprint density at radius 1 is 1.27 bits per heavy atom. The molecule has 0 aliphatic carbocycles. The van der Waals surface area contributed by atoms with E-state index in [0.717, 1.165) is 0 Å². The number of anilines is 2. The van der Waals surface area contributed by atoms with Gasteiger partial charge in [0.1, 0.15) is 11.6 Å². The van der Waals surface area contributed by atoms with Gasteiger partial charge in [0.2, 0.25) is 12.1 Å². The van der Waals surface area contributed by atoms with E-state index < -0.39 is 12.0 Å². The Kier molecular flexibility index (Phi) is 5.57. The summed E-state index contributed by atoms with van der Waals surface area (Å²) in [7, 11) is 1.56. The summed E-state index contributed by atoms with van der Waals surface area (Å²) in [5.41, 5.74) is 3.86. The number of halogens is 1. The minimum Gasteiger partial charge on any atom is -0.497 e. The second kappa shape index (κ2) is 8.46. The topological polar surface area (TPSA) is 86.3 Å². The molecule has 2 aromatic carbocycles. The van der Waals surface area contributed by atoms with Crippen molar-refractivity contribution in [2.75, 3.05) is 23.1 Å². The van der Waals surface area contributed by atoms with Gasteiger partial charge in [0.25, 0.3) is 5.91 Å². The molecule has 2 aliphatic rings. The molecular formula is C20H18FN5O3S. The molecule has 2 aromatic rings. The van der Waals surface area contributed by atoms with Crippen LogP contribution in [-0.4, -0.2) is 40.9 Å². The molecule has 1 unspecified atom stereocenters. The van der Waals surface area contributed by atoms with Crippen LogP contribution in [0.1, 0.15) is 0 Å².